The van der Waals surface area contributed by atoms with E-state index in [1.54, 1.807) is 0 Å². The summed E-state index contributed by atoms with van der Waals surface area (Å²) in [6.45, 7) is 2.73. The van der Waals surface area contributed by atoms with E-state index in [-0.39, 0.29) is 6.04 Å². The molecule has 0 heterocycles. The highest BCUT2D eigenvalue weighted by Crippen LogP contribution is 2.16. The second-order valence-electron chi connectivity index (χ2n) is 7.49. The summed E-state index contributed by atoms with van der Waals surface area (Å²) in [5.41, 5.74) is 4.36. The first-order valence-corrected chi connectivity index (χ1v) is 9.47. The predicted molar refractivity (Wildman–Crippen MR) is 112 cm³/mol. The lowest BCUT2D eigenvalue weighted by molar-refractivity contribution is -0.890. The number of anilines is 1. The van der Waals surface area contributed by atoms with Gasteiger partial charge in [-0.15, -0.1) is 0 Å². The molecular weight excluding hydrogens is 352 g/mol. The second-order valence-corrected chi connectivity index (χ2v) is 7.49. The summed E-state index contributed by atoms with van der Waals surface area (Å²) in [5.74, 6) is -1.22. The van der Waals surface area contributed by atoms with Crippen molar-refractivity contribution in [3.63, 3.8) is 0 Å². The van der Waals surface area contributed by atoms with Crippen LogP contribution in [0.15, 0.2) is 48.5 Å². The Hall–Kier alpha value is -2.86. The molecule has 0 aromatic heterocycles. The molecule has 0 spiro atoms. The third-order valence-corrected chi connectivity index (χ3v) is 4.76. The van der Waals surface area contributed by atoms with Gasteiger partial charge in [-0.3, -0.25) is 9.59 Å². The maximum atomic E-state index is 12.2. The van der Waals surface area contributed by atoms with Crippen LogP contribution in [0.3, 0.4) is 0 Å². The molecule has 2 aromatic rings. The first-order chi connectivity index (χ1) is 13.3. The monoisotopic (exact) mass is 383 g/mol. The van der Waals surface area contributed by atoms with Gasteiger partial charge in [0.2, 0.25) is 0 Å². The van der Waals surface area contributed by atoms with Crippen molar-refractivity contribution < 1.29 is 14.5 Å². The number of hydrogen-bond donors (Lipinski definition) is 3. The zero-order chi connectivity index (χ0) is 20.7. The molecule has 2 rings (SSSR count). The third-order valence-electron chi connectivity index (χ3n) is 4.76. The van der Waals surface area contributed by atoms with Crippen LogP contribution in [0.25, 0.3) is 0 Å². The molecule has 150 valence electrons. The lowest BCUT2D eigenvalue weighted by Crippen LogP contribution is -3.07. The minimum Gasteiger partial charge on any atom is -0.378 e. The van der Waals surface area contributed by atoms with Crippen molar-refractivity contribution in [2.75, 3.05) is 39.6 Å². The van der Waals surface area contributed by atoms with Crippen LogP contribution in [0.1, 0.15) is 22.7 Å². The highest BCUT2D eigenvalue weighted by atomic mass is 16.2. The Morgan fingerprint density at radius 1 is 0.929 bits per heavy atom. The van der Waals surface area contributed by atoms with Crippen molar-refractivity contribution in [1.82, 2.24) is 10.6 Å². The maximum absolute atomic E-state index is 12.2. The lowest BCUT2D eigenvalue weighted by atomic mass is 10.1. The average molecular weight is 384 g/mol. The zero-order valence-electron chi connectivity index (χ0n) is 17.4. The maximum Gasteiger partial charge on any atom is 0.309 e. The highest BCUT2D eigenvalue weighted by molar-refractivity contribution is 6.35. The van der Waals surface area contributed by atoms with Gasteiger partial charge in [0.25, 0.3) is 0 Å². The third kappa shape index (κ3) is 6.09. The number of nitrogens with zero attached hydrogens (tertiary/aromatic N) is 1. The van der Waals surface area contributed by atoms with Crippen molar-refractivity contribution in [3.05, 3.63) is 65.2 Å². The molecular formula is C22H31N4O2+. The van der Waals surface area contributed by atoms with Gasteiger partial charge in [-0.05, 0) is 24.6 Å². The Balaban J connectivity index is 1.90. The molecule has 0 saturated heterocycles. The van der Waals surface area contributed by atoms with Crippen LogP contribution in [0.5, 0.6) is 0 Å². The molecule has 3 N–H and O–H groups in total. The number of carbonyl (C=O) groups excluding carboxylic acids is 2. The van der Waals surface area contributed by atoms with Crippen LogP contribution in [-0.2, 0) is 16.1 Å². The molecule has 0 bridgehead atoms. The number of aryl methyl sites for hydroxylation is 1. The van der Waals surface area contributed by atoms with Gasteiger partial charge < -0.3 is 20.4 Å². The van der Waals surface area contributed by atoms with Crippen molar-refractivity contribution >= 4 is 17.5 Å². The largest absolute Gasteiger partial charge is 0.378 e. The topological polar surface area (TPSA) is 65.9 Å². The molecule has 0 aliphatic rings. The molecule has 0 aliphatic carbocycles. The predicted octanol–water partition coefficient (Wildman–Crippen LogP) is 0.679. The number of rotatable bonds is 7. The molecule has 2 amide bonds. The fourth-order valence-electron chi connectivity index (χ4n) is 2.90. The van der Waals surface area contributed by atoms with Crippen molar-refractivity contribution in [1.29, 1.82) is 0 Å². The van der Waals surface area contributed by atoms with Gasteiger partial charge in [-0.2, -0.15) is 0 Å². The normalized spacial score (nSPS) is 11.8. The summed E-state index contributed by atoms with van der Waals surface area (Å²) in [7, 11) is 8.07. The van der Waals surface area contributed by atoms with Crippen LogP contribution in [-0.4, -0.2) is 46.5 Å². The summed E-state index contributed by atoms with van der Waals surface area (Å²) >= 11 is 0. The fraction of sp³-hybridized carbons (Fsp3) is 0.364. The Kier molecular flexibility index (Phi) is 7.58. The van der Waals surface area contributed by atoms with Gasteiger partial charge in [0.05, 0.1) is 20.6 Å². The Morgan fingerprint density at radius 3 is 2.04 bits per heavy atom. The Labute approximate surface area is 167 Å². The minimum atomic E-state index is -0.615. The Bertz CT molecular complexity index is 783. The summed E-state index contributed by atoms with van der Waals surface area (Å²) in [5, 5.41) is 5.43. The number of hydrogen-bond acceptors (Lipinski definition) is 3. The van der Waals surface area contributed by atoms with E-state index < -0.39 is 11.8 Å². The summed E-state index contributed by atoms with van der Waals surface area (Å²) < 4.78 is 0. The molecule has 0 radical (unpaired) electrons. The van der Waals surface area contributed by atoms with E-state index in [1.807, 2.05) is 64.3 Å². The van der Waals surface area contributed by atoms with E-state index in [1.165, 1.54) is 4.90 Å². The van der Waals surface area contributed by atoms with E-state index in [9.17, 15) is 9.59 Å². The smallest absolute Gasteiger partial charge is 0.309 e. The number of likely N-dealkylation sites (N-methyl/N-ethyl adjacent to an activating group) is 1. The number of carbonyl (C=O) groups is 2. The zero-order valence-corrected chi connectivity index (χ0v) is 17.4. The van der Waals surface area contributed by atoms with Crippen molar-refractivity contribution in [2.45, 2.75) is 19.5 Å². The van der Waals surface area contributed by atoms with Crippen LogP contribution >= 0.6 is 0 Å². The molecule has 28 heavy (non-hydrogen) atoms. The van der Waals surface area contributed by atoms with Gasteiger partial charge in [0.1, 0.15) is 6.04 Å². The minimum absolute atomic E-state index is 0.0602. The van der Waals surface area contributed by atoms with E-state index in [0.29, 0.717) is 13.1 Å². The molecule has 6 nitrogen and oxygen atoms in total. The van der Waals surface area contributed by atoms with E-state index in [4.69, 9.17) is 0 Å². The second kappa shape index (κ2) is 9.90. The Morgan fingerprint density at radius 2 is 1.50 bits per heavy atom. The number of amides is 2. The molecule has 0 aliphatic heterocycles. The van der Waals surface area contributed by atoms with Gasteiger partial charge in [0.15, 0.2) is 0 Å². The number of nitrogens with one attached hydrogen (secondary N) is 3. The molecule has 1 atom stereocenters. The molecule has 6 heteroatoms. The highest BCUT2D eigenvalue weighted by Gasteiger charge is 2.21. The molecule has 0 unspecified atom stereocenters. The summed E-state index contributed by atoms with van der Waals surface area (Å²) in [6.07, 6.45) is 0. The van der Waals surface area contributed by atoms with E-state index in [2.05, 4.69) is 34.9 Å². The summed E-state index contributed by atoms with van der Waals surface area (Å²) in [6, 6.07) is 16.1. The lowest BCUT2D eigenvalue weighted by Gasteiger charge is -2.23. The van der Waals surface area contributed by atoms with Gasteiger partial charge in [-0.25, -0.2) is 0 Å². The molecule has 2 aromatic carbocycles. The standard InChI is InChI=1S/C22H30N4O2/c1-16-6-8-17(9-7-16)14-23-21(27)22(28)24-15-20(26(4)5)18-10-12-19(13-11-18)25(2)3/h6-13,20H,14-15H2,1-5H3,(H,23,27)(H,24,28)/p+1/t20-/m0/s1. The van der Waals surface area contributed by atoms with Crippen LogP contribution in [0.2, 0.25) is 0 Å². The SMILES string of the molecule is Cc1ccc(CNC(=O)C(=O)NC[C@@H](c2ccc(N(C)C)cc2)[NH+](C)C)cc1. The quantitative estimate of drug-likeness (QED) is 0.616. The van der Waals surface area contributed by atoms with Crippen molar-refractivity contribution in [3.8, 4) is 0 Å². The van der Waals surface area contributed by atoms with Crippen LogP contribution in [0, 0.1) is 6.92 Å². The van der Waals surface area contributed by atoms with Crippen LogP contribution < -0.4 is 20.4 Å². The average Bonchev–Trinajstić information content (AvgIpc) is 2.67. The first-order valence-electron chi connectivity index (χ1n) is 9.47. The van der Waals surface area contributed by atoms with Gasteiger partial charge in [0, 0.05) is 31.9 Å². The summed E-state index contributed by atoms with van der Waals surface area (Å²) in [4.78, 5) is 27.5. The van der Waals surface area contributed by atoms with E-state index in [0.717, 1.165) is 22.4 Å². The van der Waals surface area contributed by atoms with Crippen molar-refractivity contribution in [2.24, 2.45) is 0 Å². The van der Waals surface area contributed by atoms with E-state index >= 15 is 0 Å². The molecule has 0 fully saturated rings. The fourth-order valence-corrected chi connectivity index (χ4v) is 2.90. The first kappa shape index (κ1) is 21.4. The molecule has 0 saturated carbocycles. The number of quaternary nitrogens is 1. The van der Waals surface area contributed by atoms with Crippen LogP contribution in [0.4, 0.5) is 5.69 Å². The number of benzene rings is 2. The van der Waals surface area contributed by atoms with Gasteiger partial charge in [-0.1, -0.05) is 42.0 Å². The van der Waals surface area contributed by atoms with Gasteiger partial charge >= 0.3 is 11.8 Å².